The van der Waals surface area contributed by atoms with Crippen LogP contribution in [-0.2, 0) is 4.74 Å². The van der Waals surface area contributed by atoms with Gasteiger partial charge < -0.3 is 20.1 Å². The lowest BCUT2D eigenvalue weighted by Gasteiger charge is -2.34. The lowest BCUT2D eigenvalue weighted by Crippen LogP contribution is -2.46. The highest BCUT2D eigenvalue weighted by molar-refractivity contribution is 7.10. The molecular weight excluding hydrogens is 300 g/mol. The minimum absolute atomic E-state index is 0.0311. The number of carbonyl (C=O) groups excluding carboxylic acids is 1. The van der Waals surface area contributed by atoms with Gasteiger partial charge in [-0.05, 0) is 44.1 Å². The van der Waals surface area contributed by atoms with Gasteiger partial charge in [0.1, 0.15) is 0 Å². The lowest BCUT2D eigenvalue weighted by atomic mass is 9.90. The second kappa shape index (κ2) is 8.50. The average molecular weight is 326 g/mol. The molecule has 2 amide bonds. The number of hydrogen-bond acceptors (Lipinski definition) is 4. The summed E-state index contributed by atoms with van der Waals surface area (Å²) in [6, 6.07) is 3.91. The van der Waals surface area contributed by atoms with Gasteiger partial charge in [0.05, 0.1) is 18.8 Å². The van der Waals surface area contributed by atoms with Crippen LogP contribution in [0.5, 0.6) is 0 Å². The van der Waals surface area contributed by atoms with E-state index in [-0.39, 0.29) is 18.1 Å². The van der Waals surface area contributed by atoms with Crippen molar-refractivity contribution in [2.45, 2.75) is 38.9 Å². The summed E-state index contributed by atoms with van der Waals surface area (Å²) in [6.45, 7) is 6.43. The van der Waals surface area contributed by atoms with Crippen LogP contribution >= 0.6 is 11.3 Å². The van der Waals surface area contributed by atoms with E-state index < -0.39 is 6.10 Å². The Hall–Kier alpha value is -1.11. The van der Waals surface area contributed by atoms with Crippen molar-refractivity contribution in [2.75, 3.05) is 26.2 Å². The van der Waals surface area contributed by atoms with E-state index in [0.717, 1.165) is 17.7 Å². The van der Waals surface area contributed by atoms with Crippen LogP contribution in [0.2, 0.25) is 0 Å². The average Bonchev–Trinajstić information content (AvgIpc) is 3.05. The van der Waals surface area contributed by atoms with Crippen molar-refractivity contribution in [2.24, 2.45) is 5.92 Å². The van der Waals surface area contributed by atoms with Crippen LogP contribution in [-0.4, -0.2) is 48.4 Å². The van der Waals surface area contributed by atoms with Crippen molar-refractivity contribution in [3.05, 3.63) is 22.4 Å². The summed E-state index contributed by atoms with van der Waals surface area (Å²) in [6.07, 6.45) is 1.47. The van der Waals surface area contributed by atoms with E-state index in [1.807, 2.05) is 36.3 Å². The number of aliphatic hydroxyl groups is 1. The van der Waals surface area contributed by atoms with Crippen LogP contribution in [0.4, 0.5) is 4.79 Å². The third-order valence-corrected chi connectivity index (χ3v) is 4.88. The fraction of sp³-hybridized carbons (Fsp3) is 0.688. The molecule has 1 aliphatic heterocycles. The van der Waals surface area contributed by atoms with Gasteiger partial charge in [-0.1, -0.05) is 6.07 Å². The Kier molecular flexibility index (Phi) is 6.67. The summed E-state index contributed by atoms with van der Waals surface area (Å²) < 4.78 is 5.40. The van der Waals surface area contributed by atoms with Crippen molar-refractivity contribution < 1.29 is 14.6 Å². The number of hydrogen-bond donors (Lipinski definition) is 2. The zero-order valence-corrected chi connectivity index (χ0v) is 14.1. The Balaban J connectivity index is 1.69. The molecule has 1 saturated heterocycles. The number of nitrogens with zero attached hydrogens (tertiary/aromatic N) is 1. The molecule has 0 saturated carbocycles. The molecule has 22 heavy (non-hydrogen) atoms. The smallest absolute Gasteiger partial charge is 0.317 e. The Morgan fingerprint density at radius 1 is 1.50 bits per heavy atom. The van der Waals surface area contributed by atoms with Gasteiger partial charge >= 0.3 is 6.03 Å². The first-order valence-corrected chi connectivity index (χ1v) is 8.81. The quantitative estimate of drug-likeness (QED) is 0.790. The molecule has 2 N–H and O–H groups in total. The molecule has 0 radical (unpaired) electrons. The minimum Gasteiger partial charge on any atom is -0.387 e. The molecule has 1 aromatic heterocycles. The first-order valence-electron chi connectivity index (χ1n) is 7.93. The lowest BCUT2D eigenvalue weighted by molar-refractivity contribution is 0.0660. The zero-order chi connectivity index (χ0) is 15.9. The number of likely N-dealkylation sites (tertiary alicyclic amines) is 1. The molecule has 0 aromatic carbocycles. The highest BCUT2D eigenvalue weighted by atomic mass is 32.1. The third-order valence-electron chi connectivity index (χ3n) is 3.94. The second-order valence-electron chi connectivity index (χ2n) is 5.94. The largest absolute Gasteiger partial charge is 0.387 e. The number of piperidine rings is 1. The number of carbonyl (C=O) groups is 1. The van der Waals surface area contributed by atoms with E-state index in [4.69, 9.17) is 4.74 Å². The molecule has 124 valence electrons. The van der Waals surface area contributed by atoms with Gasteiger partial charge in [0.2, 0.25) is 0 Å². The summed E-state index contributed by atoms with van der Waals surface area (Å²) in [7, 11) is 0. The zero-order valence-electron chi connectivity index (χ0n) is 13.3. The molecule has 6 heteroatoms. The van der Waals surface area contributed by atoms with Crippen LogP contribution in [0.1, 0.15) is 37.7 Å². The standard InChI is InChI=1S/C16H26N2O3S/c1-12(2)21-10-7-17-16(20)18-8-5-13(6-9-18)15(19)14-4-3-11-22-14/h3-4,11-13,15,19H,5-10H2,1-2H3,(H,17,20)/t15-/m1/s1. The monoisotopic (exact) mass is 326 g/mol. The fourth-order valence-electron chi connectivity index (χ4n) is 2.67. The van der Waals surface area contributed by atoms with Gasteiger partial charge in [0, 0.05) is 24.5 Å². The molecule has 2 heterocycles. The Bertz CT molecular complexity index is 442. The molecule has 1 aromatic rings. The van der Waals surface area contributed by atoms with Crippen molar-refractivity contribution in [3.8, 4) is 0 Å². The fourth-order valence-corrected chi connectivity index (χ4v) is 3.48. The number of ether oxygens (including phenoxy) is 1. The summed E-state index contributed by atoms with van der Waals surface area (Å²) in [4.78, 5) is 14.9. The van der Waals surface area contributed by atoms with E-state index in [2.05, 4.69) is 5.32 Å². The molecule has 0 unspecified atom stereocenters. The molecule has 5 nitrogen and oxygen atoms in total. The molecular formula is C16H26N2O3S. The summed E-state index contributed by atoms with van der Waals surface area (Å²) in [5.74, 6) is 0.243. The van der Waals surface area contributed by atoms with Gasteiger partial charge in [-0.2, -0.15) is 0 Å². The van der Waals surface area contributed by atoms with Gasteiger partial charge in [-0.25, -0.2) is 4.79 Å². The maximum Gasteiger partial charge on any atom is 0.317 e. The van der Waals surface area contributed by atoms with Gasteiger partial charge in [-0.15, -0.1) is 11.3 Å². The SMILES string of the molecule is CC(C)OCCNC(=O)N1CCC([C@@H](O)c2cccs2)CC1. The van der Waals surface area contributed by atoms with Crippen LogP contribution in [0.15, 0.2) is 17.5 Å². The van der Waals surface area contributed by atoms with Crippen LogP contribution < -0.4 is 5.32 Å². The van der Waals surface area contributed by atoms with Crippen LogP contribution in [0, 0.1) is 5.92 Å². The highest BCUT2D eigenvalue weighted by Crippen LogP contribution is 2.32. The molecule has 1 fully saturated rings. The predicted molar refractivity (Wildman–Crippen MR) is 88.1 cm³/mol. The molecule has 2 rings (SSSR count). The normalized spacial score (nSPS) is 17.7. The summed E-state index contributed by atoms with van der Waals surface area (Å²) in [5.41, 5.74) is 0. The van der Waals surface area contributed by atoms with Gasteiger partial charge in [0.15, 0.2) is 0 Å². The molecule has 0 aliphatic carbocycles. The van der Waals surface area contributed by atoms with Gasteiger partial charge in [-0.3, -0.25) is 0 Å². The number of nitrogens with one attached hydrogen (secondary N) is 1. The number of urea groups is 1. The maximum atomic E-state index is 12.0. The van der Waals surface area contributed by atoms with E-state index in [9.17, 15) is 9.90 Å². The highest BCUT2D eigenvalue weighted by Gasteiger charge is 2.28. The van der Waals surface area contributed by atoms with Gasteiger partial charge in [0.25, 0.3) is 0 Å². The molecule has 0 bridgehead atoms. The first-order chi connectivity index (χ1) is 10.6. The van der Waals surface area contributed by atoms with Crippen LogP contribution in [0.25, 0.3) is 0 Å². The first kappa shape index (κ1) is 17.2. The minimum atomic E-state index is -0.398. The van der Waals surface area contributed by atoms with E-state index in [1.165, 1.54) is 0 Å². The molecule has 1 aliphatic rings. The van der Waals surface area contributed by atoms with Crippen molar-refractivity contribution in [3.63, 3.8) is 0 Å². The van der Waals surface area contributed by atoms with Crippen molar-refractivity contribution >= 4 is 17.4 Å². The van der Waals surface area contributed by atoms with Crippen molar-refractivity contribution in [1.82, 2.24) is 10.2 Å². The number of rotatable bonds is 6. The predicted octanol–water partition coefficient (Wildman–Crippen LogP) is 2.63. The number of thiophene rings is 1. The second-order valence-corrected chi connectivity index (χ2v) is 6.92. The summed E-state index contributed by atoms with van der Waals surface area (Å²) in [5, 5.41) is 15.2. The van der Waals surface area contributed by atoms with E-state index >= 15 is 0 Å². The Labute approximate surface area is 136 Å². The topological polar surface area (TPSA) is 61.8 Å². The number of amides is 2. The van der Waals surface area contributed by atoms with E-state index in [1.54, 1.807) is 11.3 Å². The Morgan fingerprint density at radius 2 is 2.23 bits per heavy atom. The van der Waals surface area contributed by atoms with Crippen molar-refractivity contribution in [1.29, 1.82) is 0 Å². The number of aliphatic hydroxyl groups excluding tert-OH is 1. The van der Waals surface area contributed by atoms with Crippen LogP contribution in [0.3, 0.4) is 0 Å². The summed E-state index contributed by atoms with van der Waals surface area (Å²) >= 11 is 1.59. The molecule has 1 atom stereocenters. The van der Waals surface area contributed by atoms with E-state index in [0.29, 0.717) is 26.2 Å². The third kappa shape index (κ3) is 4.97. The maximum absolute atomic E-state index is 12.0. The molecule has 0 spiro atoms. The Morgan fingerprint density at radius 3 is 2.82 bits per heavy atom.